The highest BCUT2D eigenvalue weighted by atomic mass is 35.5. The molecule has 2 aromatic rings. The lowest BCUT2D eigenvalue weighted by molar-refractivity contribution is -0.274. The van der Waals surface area contributed by atoms with Crippen LogP contribution in [0.2, 0.25) is 5.02 Å². The van der Waals surface area contributed by atoms with Crippen LogP contribution >= 0.6 is 11.6 Å². The maximum atomic E-state index is 12.3. The highest BCUT2D eigenvalue weighted by Gasteiger charge is 2.32. The van der Waals surface area contributed by atoms with Crippen molar-refractivity contribution in [2.24, 2.45) is 0 Å². The number of carbonyl (C=O) groups is 1. The van der Waals surface area contributed by atoms with Crippen molar-refractivity contribution in [3.05, 3.63) is 58.6 Å². The third-order valence-corrected chi connectivity index (χ3v) is 2.95. The molecule has 0 bridgehead atoms. The van der Waals surface area contributed by atoms with E-state index in [-0.39, 0.29) is 21.8 Å². The first-order valence-electron chi connectivity index (χ1n) is 5.72. The van der Waals surface area contributed by atoms with Gasteiger partial charge in [-0.2, -0.15) is 0 Å². The van der Waals surface area contributed by atoms with E-state index in [0.717, 1.165) is 6.07 Å². The zero-order chi connectivity index (χ0) is 15.6. The summed E-state index contributed by atoms with van der Waals surface area (Å²) >= 11 is 5.80. The lowest BCUT2D eigenvalue weighted by Gasteiger charge is -2.12. The molecule has 0 heterocycles. The van der Waals surface area contributed by atoms with Crippen molar-refractivity contribution in [1.82, 2.24) is 0 Å². The lowest BCUT2D eigenvalue weighted by atomic mass is 10.0. The summed E-state index contributed by atoms with van der Waals surface area (Å²) in [5.74, 6) is -1.21. The summed E-state index contributed by atoms with van der Waals surface area (Å²) in [7, 11) is 0. The lowest BCUT2D eigenvalue weighted by Crippen LogP contribution is -2.19. The van der Waals surface area contributed by atoms with Gasteiger partial charge in [0.15, 0.2) is 5.78 Å². The van der Waals surface area contributed by atoms with Gasteiger partial charge in [0, 0.05) is 5.56 Å². The minimum Gasteiger partial charge on any atom is -0.405 e. The van der Waals surface area contributed by atoms with Gasteiger partial charge in [-0.05, 0) is 30.3 Å². The molecular formula is C14H9ClF3NO2. The molecule has 0 aliphatic carbocycles. The molecule has 0 spiro atoms. The summed E-state index contributed by atoms with van der Waals surface area (Å²) in [5, 5.41) is 0.148. The first kappa shape index (κ1) is 15.2. The Morgan fingerprint density at radius 3 is 2.43 bits per heavy atom. The maximum Gasteiger partial charge on any atom is 0.573 e. The number of anilines is 1. The van der Waals surface area contributed by atoms with Gasteiger partial charge in [-0.1, -0.05) is 23.7 Å². The molecule has 7 heteroatoms. The molecule has 0 saturated carbocycles. The van der Waals surface area contributed by atoms with E-state index in [1.165, 1.54) is 36.4 Å². The fourth-order valence-electron chi connectivity index (χ4n) is 1.69. The van der Waals surface area contributed by atoms with Crippen LogP contribution in [0.15, 0.2) is 42.5 Å². The number of nitrogen functional groups attached to an aromatic ring is 1. The average molecular weight is 316 g/mol. The second-order valence-electron chi connectivity index (χ2n) is 4.11. The maximum absolute atomic E-state index is 12.3. The highest BCUT2D eigenvalue weighted by Crippen LogP contribution is 2.29. The minimum absolute atomic E-state index is 0.118. The molecule has 0 aliphatic heterocycles. The van der Waals surface area contributed by atoms with Gasteiger partial charge < -0.3 is 10.5 Å². The molecular weight excluding hydrogens is 307 g/mol. The van der Waals surface area contributed by atoms with Crippen molar-refractivity contribution in [3.8, 4) is 5.75 Å². The first-order valence-corrected chi connectivity index (χ1v) is 6.10. The largest absolute Gasteiger partial charge is 0.573 e. The summed E-state index contributed by atoms with van der Waals surface area (Å²) < 4.78 is 40.9. The molecule has 2 N–H and O–H groups in total. The number of hydrogen-bond acceptors (Lipinski definition) is 3. The number of ether oxygens (including phenoxy) is 1. The summed E-state index contributed by atoms with van der Waals surface area (Å²) in [6.45, 7) is 0. The van der Waals surface area contributed by atoms with E-state index in [9.17, 15) is 18.0 Å². The quantitative estimate of drug-likeness (QED) is 0.686. The number of ketones is 1. The van der Waals surface area contributed by atoms with E-state index in [1.807, 2.05) is 0 Å². The van der Waals surface area contributed by atoms with Gasteiger partial charge in [0.25, 0.3) is 0 Å². The van der Waals surface area contributed by atoms with E-state index in [4.69, 9.17) is 17.3 Å². The second-order valence-corrected chi connectivity index (χ2v) is 4.52. The SMILES string of the molecule is Nc1ccc(C(=O)c2ccccc2OC(F)(F)F)cc1Cl. The molecule has 0 fully saturated rings. The van der Waals surface area contributed by atoms with E-state index in [1.54, 1.807) is 0 Å². The number of para-hydroxylation sites is 1. The van der Waals surface area contributed by atoms with Gasteiger partial charge in [-0.15, -0.1) is 13.2 Å². The van der Waals surface area contributed by atoms with E-state index < -0.39 is 17.9 Å². The monoisotopic (exact) mass is 315 g/mol. The summed E-state index contributed by atoms with van der Waals surface area (Å²) in [5.41, 5.74) is 5.70. The van der Waals surface area contributed by atoms with Crippen molar-refractivity contribution < 1.29 is 22.7 Å². The van der Waals surface area contributed by atoms with Crippen LogP contribution < -0.4 is 10.5 Å². The van der Waals surface area contributed by atoms with Gasteiger partial charge in [0.2, 0.25) is 0 Å². The van der Waals surface area contributed by atoms with Gasteiger partial charge in [0.05, 0.1) is 16.3 Å². The summed E-state index contributed by atoms with van der Waals surface area (Å²) in [6.07, 6.45) is -4.88. The molecule has 0 amide bonds. The normalized spacial score (nSPS) is 11.2. The molecule has 0 atom stereocenters. The Bertz CT molecular complexity index is 686. The van der Waals surface area contributed by atoms with E-state index >= 15 is 0 Å². The van der Waals surface area contributed by atoms with Crippen LogP contribution in [0.1, 0.15) is 15.9 Å². The predicted molar refractivity (Wildman–Crippen MR) is 72.4 cm³/mol. The summed E-state index contributed by atoms with van der Waals surface area (Å²) in [6, 6.07) is 9.18. The molecule has 0 aromatic heterocycles. The molecule has 110 valence electrons. The molecule has 0 aliphatic rings. The van der Waals surface area contributed by atoms with Crippen LogP contribution in [0, 0.1) is 0 Å². The number of rotatable bonds is 3. The van der Waals surface area contributed by atoms with Crippen LogP contribution in [0.4, 0.5) is 18.9 Å². The zero-order valence-corrected chi connectivity index (χ0v) is 11.2. The molecule has 3 nitrogen and oxygen atoms in total. The average Bonchev–Trinajstić information content (AvgIpc) is 2.40. The van der Waals surface area contributed by atoms with Crippen LogP contribution in [0.3, 0.4) is 0 Å². The number of carbonyl (C=O) groups excluding carboxylic acids is 1. The fraction of sp³-hybridized carbons (Fsp3) is 0.0714. The van der Waals surface area contributed by atoms with Crippen molar-refractivity contribution in [2.45, 2.75) is 6.36 Å². The Hall–Kier alpha value is -2.21. The van der Waals surface area contributed by atoms with Gasteiger partial charge in [0.1, 0.15) is 5.75 Å². The topological polar surface area (TPSA) is 52.3 Å². The first-order chi connectivity index (χ1) is 9.78. The van der Waals surface area contributed by atoms with Gasteiger partial charge in [-0.3, -0.25) is 4.79 Å². The number of hydrogen-bond donors (Lipinski definition) is 1. The zero-order valence-electron chi connectivity index (χ0n) is 10.4. The van der Waals surface area contributed by atoms with Crippen molar-refractivity contribution in [3.63, 3.8) is 0 Å². The van der Waals surface area contributed by atoms with Crippen molar-refractivity contribution in [1.29, 1.82) is 0 Å². The molecule has 0 unspecified atom stereocenters. The number of benzene rings is 2. The highest BCUT2D eigenvalue weighted by molar-refractivity contribution is 6.33. The molecule has 2 rings (SSSR count). The van der Waals surface area contributed by atoms with Gasteiger partial charge in [-0.25, -0.2) is 0 Å². The fourth-order valence-corrected chi connectivity index (χ4v) is 1.87. The number of nitrogens with two attached hydrogens (primary N) is 1. The van der Waals surface area contributed by atoms with Crippen LogP contribution in [-0.4, -0.2) is 12.1 Å². The Labute approximate surface area is 123 Å². The van der Waals surface area contributed by atoms with Crippen molar-refractivity contribution >= 4 is 23.1 Å². The standard InChI is InChI=1S/C14H9ClF3NO2/c15-10-7-8(5-6-11(10)19)13(20)9-3-1-2-4-12(9)21-14(16,17)18/h1-7H,19H2. The minimum atomic E-state index is -4.88. The van der Waals surface area contributed by atoms with Gasteiger partial charge >= 0.3 is 6.36 Å². The van der Waals surface area contributed by atoms with Crippen LogP contribution in [0.5, 0.6) is 5.75 Å². The molecule has 2 aromatic carbocycles. The Balaban J connectivity index is 2.41. The summed E-state index contributed by atoms with van der Waals surface area (Å²) in [4.78, 5) is 12.3. The van der Waals surface area contributed by atoms with Crippen molar-refractivity contribution in [2.75, 3.05) is 5.73 Å². The Morgan fingerprint density at radius 2 is 1.81 bits per heavy atom. The Morgan fingerprint density at radius 1 is 1.14 bits per heavy atom. The third-order valence-electron chi connectivity index (χ3n) is 2.62. The second kappa shape index (κ2) is 5.65. The Kier molecular flexibility index (Phi) is 4.09. The number of alkyl halides is 3. The number of halogens is 4. The smallest absolute Gasteiger partial charge is 0.405 e. The van der Waals surface area contributed by atoms with Crippen LogP contribution in [0.25, 0.3) is 0 Å². The third kappa shape index (κ3) is 3.66. The molecule has 21 heavy (non-hydrogen) atoms. The van der Waals surface area contributed by atoms with E-state index in [0.29, 0.717) is 0 Å². The predicted octanol–water partition coefficient (Wildman–Crippen LogP) is 4.05. The molecule has 0 saturated heterocycles. The molecule has 0 radical (unpaired) electrons. The van der Waals surface area contributed by atoms with Crippen LogP contribution in [-0.2, 0) is 0 Å². The van der Waals surface area contributed by atoms with E-state index in [2.05, 4.69) is 4.74 Å².